The number of hydrogen-bond donors (Lipinski definition) is 8. The lowest BCUT2D eigenvalue weighted by Gasteiger charge is -2.25. The Morgan fingerprint density at radius 3 is 2.13 bits per heavy atom. The van der Waals surface area contributed by atoms with Crippen molar-refractivity contribution in [2.24, 2.45) is 17.2 Å². The Morgan fingerprint density at radius 1 is 0.897 bits per heavy atom. The SMILES string of the molecule is NCCCCC(NC(=O)C(N)CC(N)=O)C(=O)NC(Cc1cnc[nH]1)C(=O)NC(Cc1ccccc1)C(=O)O. The standard InChI is InChI=1S/C25H36N8O6/c26-9-5-4-8-18(31-22(35)17(27)12-21(28)34)23(36)32-19(11-16-13-29-14-30-16)24(37)33-20(25(38)39)10-15-6-2-1-3-7-15/h1-3,6-7,13-14,17-20H,4-5,8-12,26-27H2,(H2,28,34)(H,29,30)(H,31,35)(H,32,36)(H,33,37)(H,38,39). The topological polar surface area (TPSA) is 248 Å². The van der Waals surface area contributed by atoms with Crippen molar-refractivity contribution in [3.8, 4) is 0 Å². The summed E-state index contributed by atoms with van der Waals surface area (Å²) < 4.78 is 0. The molecule has 0 aliphatic carbocycles. The van der Waals surface area contributed by atoms with Gasteiger partial charge in [-0.25, -0.2) is 9.78 Å². The predicted octanol–water partition coefficient (Wildman–Crippen LogP) is -1.93. The molecule has 2 rings (SSSR count). The monoisotopic (exact) mass is 544 g/mol. The second-order valence-electron chi connectivity index (χ2n) is 9.05. The second kappa shape index (κ2) is 15.8. The smallest absolute Gasteiger partial charge is 0.326 e. The molecule has 4 atom stereocenters. The molecular weight excluding hydrogens is 508 g/mol. The lowest BCUT2D eigenvalue weighted by atomic mass is 10.0. The number of H-pyrrole nitrogens is 1. The van der Waals surface area contributed by atoms with Crippen molar-refractivity contribution in [3.63, 3.8) is 0 Å². The van der Waals surface area contributed by atoms with E-state index in [9.17, 15) is 29.1 Å². The highest BCUT2D eigenvalue weighted by Crippen LogP contribution is 2.08. The van der Waals surface area contributed by atoms with Crippen LogP contribution in [0.4, 0.5) is 0 Å². The van der Waals surface area contributed by atoms with Crippen LogP contribution < -0.4 is 33.2 Å². The maximum Gasteiger partial charge on any atom is 0.326 e. The number of rotatable bonds is 17. The maximum atomic E-state index is 13.3. The maximum absolute atomic E-state index is 13.3. The van der Waals surface area contributed by atoms with Crippen LogP contribution in [0.1, 0.15) is 36.9 Å². The Balaban J connectivity index is 2.20. The van der Waals surface area contributed by atoms with E-state index in [2.05, 4.69) is 25.9 Å². The van der Waals surface area contributed by atoms with Gasteiger partial charge in [0.1, 0.15) is 18.1 Å². The van der Waals surface area contributed by atoms with Gasteiger partial charge in [0, 0.05) is 24.7 Å². The number of aliphatic carboxylic acids is 1. The van der Waals surface area contributed by atoms with Crippen LogP contribution >= 0.6 is 0 Å². The van der Waals surface area contributed by atoms with Gasteiger partial charge in [-0.05, 0) is 31.4 Å². The van der Waals surface area contributed by atoms with E-state index in [-0.39, 0.29) is 19.3 Å². The number of hydrogen-bond acceptors (Lipinski definition) is 8. The number of nitrogens with two attached hydrogens (primary N) is 3. The van der Waals surface area contributed by atoms with Crippen molar-refractivity contribution in [1.29, 1.82) is 0 Å². The first-order valence-electron chi connectivity index (χ1n) is 12.5. The first-order chi connectivity index (χ1) is 18.6. The fraction of sp³-hybridized carbons (Fsp3) is 0.440. The molecule has 0 aliphatic heterocycles. The summed E-state index contributed by atoms with van der Waals surface area (Å²) in [5.41, 5.74) is 17.6. The molecule has 1 heterocycles. The molecule has 1 aromatic heterocycles. The number of carboxylic acid groups (broad SMARTS) is 1. The number of amides is 4. The van der Waals surface area contributed by atoms with Crippen LogP contribution in [0.2, 0.25) is 0 Å². The van der Waals surface area contributed by atoms with Gasteiger partial charge in [-0.15, -0.1) is 0 Å². The summed E-state index contributed by atoms with van der Waals surface area (Å²) in [5, 5.41) is 17.3. The summed E-state index contributed by atoms with van der Waals surface area (Å²) in [6.45, 7) is 0.367. The van der Waals surface area contributed by atoms with Gasteiger partial charge < -0.3 is 43.2 Å². The van der Waals surface area contributed by atoms with Crippen LogP contribution in [0.25, 0.3) is 0 Å². The number of nitrogens with one attached hydrogen (secondary N) is 4. The number of carboxylic acids is 1. The highest BCUT2D eigenvalue weighted by Gasteiger charge is 2.31. The Kier molecular flexibility index (Phi) is 12.6. The molecule has 212 valence electrons. The molecule has 14 heteroatoms. The average molecular weight is 545 g/mol. The molecule has 0 fully saturated rings. The number of aromatic nitrogens is 2. The summed E-state index contributed by atoms with van der Waals surface area (Å²) in [4.78, 5) is 68.8. The zero-order valence-electron chi connectivity index (χ0n) is 21.5. The average Bonchev–Trinajstić information content (AvgIpc) is 3.40. The van der Waals surface area contributed by atoms with Crippen molar-refractivity contribution in [2.45, 2.75) is 62.7 Å². The zero-order chi connectivity index (χ0) is 28.8. The quantitative estimate of drug-likeness (QED) is 0.103. The van der Waals surface area contributed by atoms with E-state index in [1.54, 1.807) is 30.3 Å². The van der Waals surface area contributed by atoms with Gasteiger partial charge in [-0.3, -0.25) is 19.2 Å². The third kappa shape index (κ3) is 10.9. The number of carbonyl (C=O) groups is 5. The van der Waals surface area contributed by atoms with Crippen LogP contribution in [0, 0.1) is 0 Å². The van der Waals surface area contributed by atoms with E-state index in [1.165, 1.54) is 12.5 Å². The van der Waals surface area contributed by atoms with Crippen molar-refractivity contribution in [3.05, 3.63) is 54.1 Å². The molecule has 2 aromatic rings. The third-order valence-electron chi connectivity index (χ3n) is 5.85. The molecule has 4 unspecified atom stereocenters. The number of primary amides is 1. The lowest BCUT2D eigenvalue weighted by Crippen LogP contribution is -2.58. The van der Waals surface area contributed by atoms with E-state index >= 15 is 0 Å². The van der Waals surface area contributed by atoms with Gasteiger partial charge >= 0.3 is 5.97 Å². The summed E-state index contributed by atoms with van der Waals surface area (Å²) in [6, 6.07) is 3.96. The molecule has 4 amide bonds. The van der Waals surface area contributed by atoms with Crippen molar-refractivity contribution < 1.29 is 29.1 Å². The molecule has 1 aromatic carbocycles. The number of benzene rings is 1. The number of imidazole rings is 1. The van der Waals surface area contributed by atoms with Crippen molar-refractivity contribution in [2.75, 3.05) is 6.54 Å². The summed E-state index contributed by atoms with van der Waals surface area (Å²) in [6.07, 6.45) is 3.70. The molecule has 39 heavy (non-hydrogen) atoms. The molecule has 0 saturated heterocycles. The minimum atomic E-state index is -1.26. The van der Waals surface area contributed by atoms with Gasteiger partial charge in [-0.1, -0.05) is 30.3 Å². The van der Waals surface area contributed by atoms with Crippen LogP contribution in [-0.2, 0) is 36.8 Å². The zero-order valence-corrected chi connectivity index (χ0v) is 21.5. The van der Waals surface area contributed by atoms with Gasteiger partial charge in [0.25, 0.3) is 0 Å². The van der Waals surface area contributed by atoms with Crippen LogP contribution in [-0.4, -0.2) is 75.4 Å². The Labute approximate surface area is 225 Å². The largest absolute Gasteiger partial charge is 0.480 e. The number of carbonyl (C=O) groups excluding carboxylic acids is 4. The summed E-state index contributed by atoms with van der Waals surface area (Å²) >= 11 is 0. The van der Waals surface area contributed by atoms with Crippen LogP contribution in [0.5, 0.6) is 0 Å². The van der Waals surface area contributed by atoms with Gasteiger partial charge in [-0.2, -0.15) is 0 Å². The molecule has 14 nitrogen and oxygen atoms in total. The second-order valence-corrected chi connectivity index (χ2v) is 9.05. The van der Waals surface area contributed by atoms with E-state index in [1.807, 2.05) is 0 Å². The normalized spacial score (nSPS) is 13.9. The summed E-state index contributed by atoms with van der Waals surface area (Å²) in [7, 11) is 0. The predicted molar refractivity (Wildman–Crippen MR) is 141 cm³/mol. The number of nitrogens with zero attached hydrogens (tertiary/aromatic N) is 1. The first-order valence-corrected chi connectivity index (χ1v) is 12.5. The van der Waals surface area contributed by atoms with Crippen molar-refractivity contribution >= 4 is 29.6 Å². The van der Waals surface area contributed by atoms with E-state index < -0.39 is 60.2 Å². The minimum Gasteiger partial charge on any atom is -0.480 e. The Hall–Kier alpha value is -4.30. The third-order valence-corrected chi connectivity index (χ3v) is 5.85. The molecule has 0 radical (unpaired) electrons. The Bertz CT molecular complexity index is 1100. The van der Waals surface area contributed by atoms with Gasteiger partial charge in [0.2, 0.25) is 23.6 Å². The molecule has 0 bridgehead atoms. The molecule has 11 N–H and O–H groups in total. The van der Waals surface area contributed by atoms with Crippen LogP contribution in [0.15, 0.2) is 42.9 Å². The summed E-state index contributed by atoms with van der Waals surface area (Å²) in [5.74, 6) is -4.21. The first kappa shape index (κ1) is 30.9. The molecule has 0 saturated carbocycles. The van der Waals surface area contributed by atoms with Gasteiger partial charge in [0.15, 0.2) is 0 Å². The van der Waals surface area contributed by atoms with Crippen LogP contribution in [0.3, 0.4) is 0 Å². The molecule has 0 aliphatic rings. The lowest BCUT2D eigenvalue weighted by molar-refractivity contribution is -0.142. The number of unbranched alkanes of at least 4 members (excludes halogenated alkanes) is 1. The fourth-order valence-corrected chi connectivity index (χ4v) is 3.77. The van der Waals surface area contributed by atoms with E-state index in [0.717, 1.165) is 0 Å². The van der Waals surface area contributed by atoms with E-state index in [4.69, 9.17) is 17.2 Å². The molecule has 0 spiro atoms. The highest BCUT2D eigenvalue weighted by molar-refractivity contribution is 5.95. The fourth-order valence-electron chi connectivity index (χ4n) is 3.77. The highest BCUT2D eigenvalue weighted by atomic mass is 16.4. The van der Waals surface area contributed by atoms with E-state index in [0.29, 0.717) is 30.6 Å². The number of aromatic amines is 1. The molecular formula is C25H36N8O6. The minimum absolute atomic E-state index is 0.0279. The van der Waals surface area contributed by atoms with Gasteiger partial charge in [0.05, 0.1) is 18.8 Å². The Morgan fingerprint density at radius 2 is 1.54 bits per heavy atom. The van der Waals surface area contributed by atoms with Crippen molar-refractivity contribution in [1.82, 2.24) is 25.9 Å².